The van der Waals surface area contributed by atoms with Crippen LogP contribution in [0.5, 0.6) is 0 Å². The second-order valence-electron chi connectivity index (χ2n) is 8.13. The summed E-state index contributed by atoms with van der Waals surface area (Å²) in [5.74, 6) is 1.00. The Hall–Kier alpha value is -2.85. The first kappa shape index (κ1) is 19.9. The van der Waals surface area contributed by atoms with Crippen LogP contribution in [0.2, 0.25) is 0 Å². The summed E-state index contributed by atoms with van der Waals surface area (Å²) in [5.41, 5.74) is 2.41. The Morgan fingerprint density at radius 2 is 1.46 bits per heavy atom. The summed E-state index contributed by atoms with van der Waals surface area (Å²) in [6, 6.07) is 24.0. The van der Waals surface area contributed by atoms with Gasteiger partial charge < -0.3 is 14.6 Å². The van der Waals surface area contributed by atoms with Crippen molar-refractivity contribution in [1.82, 2.24) is 5.32 Å². The van der Waals surface area contributed by atoms with Gasteiger partial charge in [0, 0.05) is 12.1 Å². The summed E-state index contributed by atoms with van der Waals surface area (Å²) < 4.78 is 5.86. The molecule has 0 aliphatic rings. The molecule has 3 aromatic rings. The maximum absolute atomic E-state index is 12.4. The van der Waals surface area contributed by atoms with Gasteiger partial charge in [-0.05, 0) is 38.5 Å². The molecule has 28 heavy (non-hydrogen) atoms. The molecule has 4 heteroatoms. The van der Waals surface area contributed by atoms with Gasteiger partial charge in [-0.25, -0.2) is 0 Å². The lowest BCUT2D eigenvalue weighted by Gasteiger charge is -2.31. The molecule has 0 radical (unpaired) electrons. The molecule has 0 fully saturated rings. The fourth-order valence-corrected chi connectivity index (χ4v) is 3.11. The van der Waals surface area contributed by atoms with Crippen LogP contribution in [0.15, 0.2) is 77.2 Å². The van der Waals surface area contributed by atoms with E-state index in [1.54, 1.807) is 6.07 Å². The maximum atomic E-state index is 12.4. The summed E-state index contributed by atoms with van der Waals surface area (Å²) in [4.78, 5) is 13.8. The van der Waals surface area contributed by atoms with E-state index < -0.39 is 0 Å². The number of hydrogen-bond donors (Lipinski definition) is 2. The molecule has 2 N–H and O–H groups in total. The summed E-state index contributed by atoms with van der Waals surface area (Å²) in [6.45, 7) is 8.79. The minimum atomic E-state index is -0.185. The Labute approximate surface area is 167 Å². The quantitative estimate of drug-likeness (QED) is 0.661. The number of quaternary nitrogens is 1. The van der Waals surface area contributed by atoms with Gasteiger partial charge in [-0.2, -0.15) is 0 Å². The molecule has 1 aromatic heterocycles. The molecule has 4 nitrogen and oxygen atoms in total. The van der Waals surface area contributed by atoms with Crippen molar-refractivity contribution in [1.29, 1.82) is 0 Å². The van der Waals surface area contributed by atoms with Gasteiger partial charge in [0.2, 0.25) is 0 Å². The first-order chi connectivity index (χ1) is 13.4. The topological polar surface area (TPSA) is 46.7 Å². The smallest absolute Gasteiger partial charge is 0.287 e. The molecule has 1 amide bonds. The third kappa shape index (κ3) is 5.57. The van der Waals surface area contributed by atoms with Gasteiger partial charge in [0.25, 0.3) is 5.91 Å². The maximum Gasteiger partial charge on any atom is 0.287 e. The molecule has 0 spiro atoms. The molecule has 146 valence electrons. The lowest BCUT2D eigenvalue weighted by molar-refractivity contribution is -0.973. The Morgan fingerprint density at radius 1 is 0.857 bits per heavy atom. The number of hydrogen-bond acceptors (Lipinski definition) is 2. The molecule has 0 aliphatic heterocycles. The molecule has 1 heterocycles. The van der Waals surface area contributed by atoms with Crippen molar-refractivity contribution in [3.8, 4) is 0 Å². The zero-order valence-corrected chi connectivity index (χ0v) is 16.9. The van der Waals surface area contributed by atoms with Crippen molar-refractivity contribution >= 4 is 5.91 Å². The van der Waals surface area contributed by atoms with E-state index in [0.29, 0.717) is 12.3 Å². The van der Waals surface area contributed by atoms with Gasteiger partial charge in [0.05, 0.1) is 5.54 Å². The zero-order chi connectivity index (χ0) is 20.0. The summed E-state index contributed by atoms with van der Waals surface area (Å²) in [6.07, 6.45) is 0. The van der Waals surface area contributed by atoms with Crippen molar-refractivity contribution in [3.63, 3.8) is 0 Å². The lowest BCUT2D eigenvalue weighted by atomic mass is 10.0. The number of carbonyl (C=O) groups excluding carboxylic acids is 1. The monoisotopic (exact) mass is 377 g/mol. The van der Waals surface area contributed by atoms with Crippen LogP contribution in [0.3, 0.4) is 0 Å². The molecule has 0 saturated heterocycles. The van der Waals surface area contributed by atoms with Crippen LogP contribution < -0.4 is 10.2 Å². The van der Waals surface area contributed by atoms with E-state index in [9.17, 15) is 4.79 Å². The molecule has 3 rings (SSSR count). The Balaban J connectivity index is 1.63. The van der Waals surface area contributed by atoms with Crippen LogP contribution in [0, 0.1) is 0 Å². The van der Waals surface area contributed by atoms with E-state index in [1.807, 2.05) is 42.5 Å². The summed E-state index contributed by atoms with van der Waals surface area (Å²) in [5, 5.41) is 2.91. The summed E-state index contributed by atoms with van der Waals surface area (Å²) >= 11 is 0. The predicted molar refractivity (Wildman–Crippen MR) is 111 cm³/mol. The largest absolute Gasteiger partial charge is 0.450 e. The highest BCUT2D eigenvalue weighted by molar-refractivity contribution is 5.91. The Bertz CT molecular complexity index is 880. The minimum Gasteiger partial charge on any atom is -0.450 e. The van der Waals surface area contributed by atoms with Crippen LogP contribution in [-0.4, -0.2) is 11.4 Å². The molecular weight excluding hydrogens is 348 g/mol. The Morgan fingerprint density at radius 3 is 2.07 bits per heavy atom. The molecule has 0 saturated carbocycles. The molecule has 1 atom stereocenters. The normalized spacial score (nSPS) is 12.5. The van der Waals surface area contributed by atoms with E-state index in [1.165, 1.54) is 10.5 Å². The standard InChI is InChI=1S/C24H28N2O2/c1-24(2,3)26(17-20-12-8-5-9-13-20)18-21-14-15-22(28-21)23(27)25-16-19-10-6-4-7-11-19/h4-15H,16-18H2,1-3H3,(H,25,27)/p+1. The fraction of sp³-hybridized carbons (Fsp3) is 0.292. The number of amides is 1. The van der Waals surface area contributed by atoms with E-state index in [4.69, 9.17) is 4.42 Å². The third-order valence-electron chi connectivity index (χ3n) is 4.89. The van der Waals surface area contributed by atoms with E-state index in [0.717, 1.165) is 24.4 Å². The second-order valence-corrected chi connectivity index (χ2v) is 8.13. The Kier molecular flexibility index (Phi) is 6.32. The summed E-state index contributed by atoms with van der Waals surface area (Å²) in [7, 11) is 0. The predicted octanol–water partition coefficient (Wildman–Crippen LogP) is 3.59. The highest BCUT2D eigenvalue weighted by Gasteiger charge is 2.27. The highest BCUT2D eigenvalue weighted by Crippen LogP contribution is 2.09. The number of furan rings is 1. The van der Waals surface area contributed by atoms with E-state index >= 15 is 0 Å². The number of carbonyl (C=O) groups is 1. The average Bonchev–Trinajstić information content (AvgIpc) is 3.15. The van der Waals surface area contributed by atoms with Crippen molar-refractivity contribution in [2.24, 2.45) is 0 Å². The van der Waals surface area contributed by atoms with Gasteiger partial charge in [0.1, 0.15) is 13.1 Å². The molecular formula is C24H29N2O2+. The molecule has 0 bridgehead atoms. The SMILES string of the molecule is CC(C)(C)[NH+](Cc1ccccc1)Cc1ccc(C(=O)NCc2ccccc2)o1. The van der Waals surface area contributed by atoms with Crippen LogP contribution in [-0.2, 0) is 19.6 Å². The van der Waals surface area contributed by atoms with Crippen molar-refractivity contribution in [3.05, 3.63) is 95.4 Å². The number of nitrogens with one attached hydrogen (secondary N) is 2. The second kappa shape index (κ2) is 8.89. The van der Waals surface area contributed by atoms with Crippen LogP contribution >= 0.6 is 0 Å². The average molecular weight is 378 g/mol. The minimum absolute atomic E-state index is 0.0539. The molecule has 0 aliphatic carbocycles. The molecule has 1 unspecified atom stereocenters. The van der Waals surface area contributed by atoms with Gasteiger partial charge in [-0.3, -0.25) is 4.79 Å². The highest BCUT2D eigenvalue weighted by atomic mass is 16.4. The molecule has 2 aromatic carbocycles. The lowest BCUT2D eigenvalue weighted by Crippen LogP contribution is -3.16. The van der Waals surface area contributed by atoms with Gasteiger partial charge in [0.15, 0.2) is 11.5 Å². The number of rotatable bonds is 7. The van der Waals surface area contributed by atoms with Gasteiger partial charge in [-0.15, -0.1) is 0 Å². The van der Waals surface area contributed by atoms with Gasteiger partial charge in [-0.1, -0.05) is 60.7 Å². The zero-order valence-electron chi connectivity index (χ0n) is 16.9. The third-order valence-corrected chi connectivity index (χ3v) is 4.89. The van der Waals surface area contributed by atoms with Crippen LogP contribution in [0.25, 0.3) is 0 Å². The van der Waals surface area contributed by atoms with Crippen LogP contribution in [0.1, 0.15) is 48.2 Å². The van der Waals surface area contributed by atoms with Crippen molar-refractivity contribution < 1.29 is 14.1 Å². The first-order valence-corrected chi connectivity index (χ1v) is 9.72. The fourth-order valence-electron chi connectivity index (χ4n) is 3.11. The van der Waals surface area contributed by atoms with Crippen molar-refractivity contribution in [2.75, 3.05) is 0 Å². The van der Waals surface area contributed by atoms with Crippen LogP contribution in [0.4, 0.5) is 0 Å². The number of benzene rings is 2. The van der Waals surface area contributed by atoms with Gasteiger partial charge >= 0.3 is 0 Å². The van der Waals surface area contributed by atoms with Crippen molar-refractivity contribution in [2.45, 2.75) is 45.9 Å². The van der Waals surface area contributed by atoms with E-state index in [2.05, 4.69) is 50.4 Å². The van der Waals surface area contributed by atoms with E-state index in [-0.39, 0.29) is 11.4 Å². The first-order valence-electron chi connectivity index (χ1n) is 9.72.